The molecule has 1 aromatic heterocycles. The van der Waals surface area contributed by atoms with Crippen molar-refractivity contribution in [3.05, 3.63) is 35.9 Å². The van der Waals surface area contributed by atoms with E-state index in [9.17, 15) is 10.4 Å². The van der Waals surface area contributed by atoms with Gasteiger partial charge < -0.3 is 10.4 Å². The van der Waals surface area contributed by atoms with Crippen molar-refractivity contribution >= 4 is 16.7 Å². The summed E-state index contributed by atoms with van der Waals surface area (Å²) < 4.78 is 0. The van der Waals surface area contributed by atoms with Crippen LogP contribution in [0.15, 0.2) is 30.3 Å². The molecular weight excluding hydrogens is 238 g/mol. The first-order valence-corrected chi connectivity index (χ1v) is 6.33. The van der Waals surface area contributed by atoms with E-state index < -0.39 is 0 Å². The van der Waals surface area contributed by atoms with Gasteiger partial charge in [0.25, 0.3) is 0 Å². The van der Waals surface area contributed by atoms with Crippen molar-refractivity contribution in [2.24, 2.45) is 5.92 Å². The molecule has 0 saturated carbocycles. The summed E-state index contributed by atoms with van der Waals surface area (Å²) in [6.45, 7) is 4.04. The third kappa shape index (κ3) is 2.83. The Bertz CT molecular complexity index is 616. The Morgan fingerprint density at radius 2 is 2.11 bits per heavy atom. The zero-order valence-electron chi connectivity index (χ0n) is 11.1. The molecule has 98 valence electrons. The number of hydrogen-bond donors (Lipinski definition) is 2. The lowest BCUT2D eigenvalue weighted by Crippen LogP contribution is -2.30. The topological polar surface area (TPSA) is 68.9 Å². The smallest absolute Gasteiger partial charge is 0.144 e. The second kappa shape index (κ2) is 5.68. The third-order valence-corrected chi connectivity index (χ3v) is 3.17. The highest BCUT2D eigenvalue weighted by molar-refractivity contribution is 5.82. The highest BCUT2D eigenvalue weighted by atomic mass is 16.3. The van der Waals surface area contributed by atoms with Crippen LogP contribution in [-0.2, 0) is 0 Å². The maximum atomic E-state index is 9.36. The highest BCUT2D eigenvalue weighted by Crippen LogP contribution is 2.21. The Kier molecular flexibility index (Phi) is 3.98. The zero-order chi connectivity index (χ0) is 13.8. The number of anilines is 1. The minimum atomic E-state index is -0.110. The van der Waals surface area contributed by atoms with Gasteiger partial charge in [-0.05, 0) is 18.1 Å². The maximum Gasteiger partial charge on any atom is 0.144 e. The van der Waals surface area contributed by atoms with E-state index in [4.69, 9.17) is 0 Å². The van der Waals surface area contributed by atoms with Gasteiger partial charge in [-0.15, -0.1) is 0 Å². The molecule has 0 bridgehead atoms. The van der Waals surface area contributed by atoms with Crippen LogP contribution >= 0.6 is 0 Å². The predicted octanol–water partition coefficient (Wildman–Crippen LogP) is 2.54. The Morgan fingerprint density at radius 3 is 2.74 bits per heavy atom. The van der Waals surface area contributed by atoms with E-state index in [1.54, 1.807) is 0 Å². The highest BCUT2D eigenvalue weighted by Gasteiger charge is 2.15. The molecule has 4 heteroatoms. The second-order valence-electron chi connectivity index (χ2n) is 4.87. The van der Waals surface area contributed by atoms with Gasteiger partial charge in [0, 0.05) is 5.39 Å². The van der Waals surface area contributed by atoms with Crippen molar-refractivity contribution in [1.29, 1.82) is 5.26 Å². The lowest BCUT2D eigenvalue weighted by Gasteiger charge is -2.21. The summed E-state index contributed by atoms with van der Waals surface area (Å²) in [5, 5.41) is 22.7. The first-order valence-electron chi connectivity index (χ1n) is 6.33. The predicted molar refractivity (Wildman–Crippen MR) is 75.8 cm³/mol. The average Bonchev–Trinajstić information content (AvgIpc) is 2.43. The number of pyridine rings is 1. The number of nitrogens with one attached hydrogen (secondary N) is 1. The van der Waals surface area contributed by atoms with Gasteiger partial charge in [-0.2, -0.15) is 5.26 Å². The number of para-hydroxylation sites is 1. The number of benzene rings is 1. The summed E-state index contributed by atoms with van der Waals surface area (Å²) in [7, 11) is 0. The Morgan fingerprint density at radius 1 is 1.37 bits per heavy atom. The van der Waals surface area contributed by atoms with Crippen molar-refractivity contribution in [2.45, 2.75) is 19.9 Å². The van der Waals surface area contributed by atoms with Crippen molar-refractivity contribution in [2.75, 3.05) is 11.9 Å². The molecule has 0 aliphatic carbocycles. The quantitative estimate of drug-likeness (QED) is 0.880. The minimum Gasteiger partial charge on any atom is -0.394 e. The van der Waals surface area contributed by atoms with Gasteiger partial charge in [0.2, 0.25) is 0 Å². The van der Waals surface area contributed by atoms with Crippen LogP contribution in [-0.4, -0.2) is 22.7 Å². The molecule has 0 radical (unpaired) electrons. The van der Waals surface area contributed by atoms with E-state index >= 15 is 0 Å². The van der Waals surface area contributed by atoms with Crippen LogP contribution in [0.4, 0.5) is 5.82 Å². The first-order chi connectivity index (χ1) is 9.15. The van der Waals surface area contributed by atoms with Crippen LogP contribution in [0.25, 0.3) is 10.9 Å². The number of aliphatic hydroxyl groups is 1. The van der Waals surface area contributed by atoms with Crippen LogP contribution < -0.4 is 5.32 Å². The van der Waals surface area contributed by atoms with Crippen LogP contribution in [0.5, 0.6) is 0 Å². The molecule has 0 unspecified atom stereocenters. The molecule has 2 N–H and O–H groups in total. The summed E-state index contributed by atoms with van der Waals surface area (Å²) in [5.74, 6) is 0.791. The molecule has 2 aromatic rings. The number of nitrogens with zero attached hydrogens (tertiary/aromatic N) is 2. The number of rotatable bonds is 4. The molecule has 0 aliphatic rings. The lowest BCUT2D eigenvalue weighted by molar-refractivity contribution is 0.249. The van der Waals surface area contributed by atoms with Gasteiger partial charge >= 0.3 is 0 Å². The second-order valence-corrected chi connectivity index (χ2v) is 4.87. The summed E-state index contributed by atoms with van der Waals surface area (Å²) in [6.07, 6.45) is 0. The number of nitriles is 1. The van der Waals surface area contributed by atoms with Gasteiger partial charge in [-0.1, -0.05) is 32.0 Å². The molecule has 0 saturated heterocycles. The number of hydrogen-bond acceptors (Lipinski definition) is 4. The molecule has 0 aliphatic heterocycles. The summed E-state index contributed by atoms with van der Waals surface area (Å²) >= 11 is 0. The maximum absolute atomic E-state index is 9.36. The summed E-state index contributed by atoms with van der Waals surface area (Å²) in [5.41, 5.74) is 1.34. The first kappa shape index (κ1) is 13.3. The van der Waals surface area contributed by atoms with Crippen molar-refractivity contribution in [3.63, 3.8) is 0 Å². The van der Waals surface area contributed by atoms with Gasteiger partial charge in [0.1, 0.15) is 11.9 Å². The fraction of sp³-hybridized carbons (Fsp3) is 0.333. The van der Waals surface area contributed by atoms with Crippen molar-refractivity contribution in [1.82, 2.24) is 4.98 Å². The number of aliphatic hydroxyl groups excluding tert-OH is 1. The molecule has 1 heterocycles. The molecular formula is C15H17N3O. The average molecular weight is 255 g/mol. The van der Waals surface area contributed by atoms with E-state index in [1.165, 1.54) is 0 Å². The Balaban J connectivity index is 2.44. The summed E-state index contributed by atoms with van der Waals surface area (Å²) in [4.78, 5) is 4.47. The fourth-order valence-corrected chi connectivity index (χ4v) is 1.91. The van der Waals surface area contributed by atoms with E-state index in [2.05, 4.69) is 16.4 Å². The van der Waals surface area contributed by atoms with Crippen LogP contribution in [0, 0.1) is 17.2 Å². The SMILES string of the molecule is CC(C)[C@@H](CO)Nc1nc2ccccc2cc1C#N. The monoisotopic (exact) mass is 255 g/mol. The van der Waals surface area contributed by atoms with Crippen LogP contribution in [0.3, 0.4) is 0 Å². The van der Waals surface area contributed by atoms with Gasteiger partial charge in [0.05, 0.1) is 23.7 Å². The molecule has 0 amide bonds. The zero-order valence-corrected chi connectivity index (χ0v) is 11.1. The number of fused-ring (bicyclic) bond motifs is 1. The molecule has 19 heavy (non-hydrogen) atoms. The molecule has 2 rings (SSSR count). The number of aromatic nitrogens is 1. The summed E-state index contributed by atoms with van der Waals surface area (Å²) in [6, 6.07) is 11.5. The van der Waals surface area contributed by atoms with Gasteiger partial charge in [-0.25, -0.2) is 4.98 Å². The Labute approximate surface area is 112 Å². The molecule has 4 nitrogen and oxygen atoms in total. The largest absolute Gasteiger partial charge is 0.394 e. The van der Waals surface area contributed by atoms with Gasteiger partial charge in [-0.3, -0.25) is 0 Å². The molecule has 0 spiro atoms. The van der Waals surface area contributed by atoms with E-state index in [-0.39, 0.29) is 18.6 Å². The molecule has 1 aromatic carbocycles. The molecule has 0 fully saturated rings. The third-order valence-electron chi connectivity index (χ3n) is 3.17. The van der Waals surface area contributed by atoms with E-state index in [1.807, 2.05) is 44.2 Å². The van der Waals surface area contributed by atoms with Crippen LogP contribution in [0.1, 0.15) is 19.4 Å². The normalized spacial score (nSPS) is 12.4. The van der Waals surface area contributed by atoms with Crippen molar-refractivity contribution < 1.29 is 5.11 Å². The van der Waals surface area contributed by atoms with Gasteiger partial charge in [0.15, 0.2) is 0 Å². The minimum absolute atomic E-state index is 0.0110. The van der Waals surface area contributed by atoms with E-state index in [0.717, 1.165) is 10.9 Å². The standard InChI is InChI=1S/C15H17N3O/c1-10(2)14(9-19)18-15-12(8-16)7-11-5-3-4-6-13(11)17-15/h3-7,10,14,19H,9H2,1-2H3,(H,17,18)/t14-/m1/s1. The fourth-order valence-electron chi connectivity index (χ4n) is 1.91. The Hall–Kier alpha value is -2.12. The van der Waals surface area contributed by atoms with Crippen LogP contribution in [0.2, 0.25) is 0 Å². The molecule has 1 atom stereocenters. The van der Waals surface area contributed by atoms with E-state index in [0.29, 0.717) is 11.4 Å². The van der Waals surface area contributed by atoms with Crippen molar-refractivity contribution in [3.8, 4) is 6.07 Å². The lowest BCUT2D eigenvalue weighted by atomic mass is 10.0.